The molecule has 0 spiro atoms. The van der Waals surface area contributed by atoms with Crippen LogP contribution in [0.15, 0.2) is 78.9 Å². The molecule has 0 radical (unpaired) electrons. The van der Waals surface area contributed by atoms with Gasteiger partial charge in [-0.15, -0.1) is 0 Å². The number of hydrogen-bond acceptors (Lipinski definition) is 4. The third-order valence-electron chi connectivity index (χ3n) is 4.66. The Morgan fingerprint density at radius 3 is 2.18 bits per heavy atom. The highest BCUT2D eigenvalue weighted by Crippen LogP contribution is 2.24. The third kappa shape index (κ3) is 7.89. The number of carbonyl (C=O) groups is 2. The van der Waals surface area contributed by atoms with Gasteiger partial charge in [-0.25, -0.2) is 0 Å². The smallest absolute Gasteiger partial charge is 0.265 e. The van der Waals surface area contributed by atoms with Crippen LogP contribution in [0, 0.1) is 0 Å². The second-order valence-corrected chi connectivity index (χ2v) is 8.06. The van der Waals surface area contributed by atoms with E-state index in [1.165, 1.54) is 0 Å². The van der Waals surface area contributed by atoms with Crippen LogP contribution in [0.1, 0.15) is 18.9 Å². The lowest BCUT2D eigenvalue weighted by Gasteiger charge is -2.16. The Bertz CT molecular complexity index is 1110. The number of nitrogens with one attached hydrogen (secondary N) is 3. The Morgan fingerprint density at radius 2 is 1.52 bits per heavy atom. The van der Waals surface area contributed by atoms with Crippen molar-refractivity contribution in [2.45, 2.75) is 25.9 Å². The number of anilines is 2. The highest BCUT2D eigenvalue weighted by atomic mass is 35.5. The first-order valence-electron chi connectivity index (χ1n) is 10.4. The van der Waals surface area contributed by atoms with Crippen LogP contribution in [0.2, 0.25) is 5.02 Å². The Balaban J connectivity index is 1.44. The van der Waals surface area contributed by atoms with E-state index in [9.17, 15) is 9.59 Å². The standard InChI is InChI=1S/C25H24ClN3O3S/c1-17(32-22-10-6-5-9-21(22)26)24(31)27-19-12-14-20(15-13-19)28-25(33)29-23(30)16-11-18-7-3-2-4-8-18/h2-10,12-15,17H,11,16H2,1H3,(H,27,31)(H2,28,29,30,33). The number of ether oxygens (including phenoxy) is 1. The summed E-state index contributed by atoms with van der Waals surface area (Å²) >= 11 is 11.3. The number of halogens is 1. The maximum atomic E-state index is 12.4. The summed E-state index contributed by atoms with van der Waals surface area (Å²) in [7, 11) is 0. The molecule has 0 fully saturated rings. The largest absolute Gasteiger partial charge is 0.479 e. The SMILES string of the molecule is CC(Oc1ccccc1Cl)C(=O)Nc1ccc(NC(=S)NC(=O)CCc2ccccc2)cc1. The van der Waals surface area contributed by atoms with Crippen molar-refractivity contribution in [2.24, 2.45) is 0 Å². The van der Waals surface area contributed by atoms with Gasteiger partial charge in [0.05, 0.1) is 5.02 Å². The van der Waals surface area contributed by atoms with Gasteiger partial charge in [0.25, 0.3) is 5.91 Å². The van der Waals surface area contributed by atoms with Crippen LogP contribution in [-0.2, 0) is 16.0 Å². The number of carbonyl (C=O) groups excluding carboxylic acids is 2. The molecule has 0 heterocycles. The second-order valence-electron chi connectivity index (χ2n) is 7.25. The molecule has 3 rings (SSSR count). The molecule has 3 N–H and O–H groups in total. The topological polar surface area (TPSA) is 79.5 Å². The van der Waals surface area contributed by atoms with Crippen molar-refractivity contribution < 1.29 is 14.3 Å². The van der Waals surface area contributed by atoms with E-state index in [-0.39, 0.29) is 16.9 Å². The van der Waals surface area contributed by atoms with Crippen molar-refractivity contribution in [3.05, 3.63) is 89.4 Å². The molecule has 0 aliphatic carbocycles. The number of hydrogen-bond donors (Lipinski definition) is 3. The first-order valence-corrected chi connectivity index (χ1v) is 11.2. The van der Waals surface area contributed by atoms with E-state index in [1.807, 2.05) is 30.3 Å². The number of amides is 2. The van der Waals surface area contributed by atoms with Crippen molar-refractivity contribution in [2.75, 3.05) is 10.6 Å². The third-order valence-corrected chi connectivity index (χ3v) is 5.17. The van der Waals surface area contributed by atoms with E-state index in [2.05, 4.69) is 16.0 Å². The lowest BCUT2D eigenvalue weighted by Crippen LogP contribution is -2.34. The summed E-state index contributed by atoms with van der Waals surface area (Å²) < 4.78 is 5.63. The van der Waals surface area contributed by atoms with Gasteiger partial charge in [-0.1, -0.05) is 54.1 Å². The summed E-state index contributed by atoms with van der Waals surface area (Å²) in [5.74, 6) is -0.0229. The lowest BCUT2D eigenvalue weighted by atomic mass is 10.1. The van der Waals surface area contributed by atoms with Crippen LogP contribution in [0.3, 0.4) is 0 Å². The van der Waals surface area contributed by atoms with E-state index in [0.717, 1.165) is 5.56 Å². The van der Waals surface area contributed by atoms with Gasteiger partial charge >= 0.3 is 0 Å². The number of rotatable bonds is 8. The van der Waals surface area contributed by atoms with Crippen LogP contribution < -0.4 is 20.7 Å². The Kier molecular flexibility index (Phi) is 8.80. The average molecular weight is 482 g/mol. The van der Waals surface area contributed by atoms with E-state index in [0.29, 0.717) is 35.0 Å². The molecule has 0 aromatic heterocycles. The van der Waals surface area contributed by atoms with Crippen LogP contribution in [-0.4, -0.2) is 23.0 Å². The van der Waals surface area contributed by atoms with Gasteiger partial charge < -0.3 is 20.7 Å². The minimum absolute atomic E-state index is 0.159. The highest BCUT2D eigenvalue weighted by Gasteiger charge is 2.16. The summed E-state index contributed by atoms with van der Waals surface area (Å²) in [6, 6.07) is 23.7. The Morgan fingerprint density at radius 1 is 0.909 bits per heavy atom. The average Bonchev–Trinajstić information content (AvgIpc) is 2.81. The maximum absolute atomic E-state index is 12.4. The Labute approximate surface area is 203 Å². The van der Waals surface area contributed by atoms with Crippen molar-refractivity contribution >= 4 is 52.1 Å². The first kappa shape index (κ1) is 24.2. The molecule has 3 aromatic carbocycles. The Hall–Kier alpha value is -3.42. The zero-order valence-electron chi connectivity index (χ0n) is 18.0. The van der Waals surface area contributed by atoms with Crippen molar-refractivity contribution in [3.8, 4) is 5.75 Å². The van der Waals surface area contributed by atoms with Crippen LogP contribution in [0.4, 0.5) is 11.4 Å². The van der Waals surface area contributed by atoms with Gasteiger partial charge in [-0.2, -0.15) is 0 Å². The minimum Gasteiger partial charge on any atom is -0.479 e. The predicted octanol–water partition coefficient (Wildman–Crippen LogP) is 5.19. The van der Waals surface area contributed by atoms with Gasteiger partial charge in [-0.05, 0) is 67.5 Å². The zero-order chi connectivity index (χ0) is 23.6. The normalized spacial score (nSPS) is 11.2. The minimum atomic E-state index is -0.735. The van der Waals surface area contributed by atoms with Crippen LogP contribution in [0.5, 0.6) is 5.75 Å². The molecule has 0 saturated heterocycles. The van der Waals surface area contributed by atoms with Crippen LogP contribution in [0.25, 0.3) is 0 Å². The van der Waals surface area contributed by atoms with E-state index < -0.39 is 6.10 Å². The molecule has 0 bridgehead atoms. The van der Waals surface area contributed by atoms with Crippen molar-refractivity contribution in [1.82, 2.24) is 5.32 Å². The quantitative estimate of drug-likeness (QED) is 0.386. The maximum Gasteiger partial charge on any atom is 0.265 e. The van der Waals surface area contributed by atoms with E-state index in [4.69, 9.17) is 28.6 Å². The summed E-state index contributed by atoms with van der Waals surface area (Å²) in [6.07, 6.45) is 0.245. The lowest BCUT2D eigenvalue weighted by molar-refractivity contribution is -0.122. The van der Waals surface area contributed by atoms with Gasteiger partial charge in [0.15, 0.2) is 11.2 Å². The summed E-state index contributed by atoms with van der Waals surface area (Å²) in [6.45, 7) is 1.65. The molecule has 0 aliphatic rings. The fraction of sp³-hybridized carbons (Fsp3) is 0.160. The number of benzene rings is 3. The van der Waals surface area contributed by atoms with Crippen LogP contribution >= 0.6 is 23.8 Å². The molecule has 1 atom stereocenters. The monoisotopic (exact) mass is 481 g/mol. The van der Waals surface area contributed by atoms with Crippen molar-refractivity contribution in [1.29, 1.82) is 0 Å². The number of para-hydroxylation sites is 1. The fourth-order valence-corrected chi connectivity index (χ4v) is 3.33. The second kappa shape index (κ2) is 12.0. The van der Waals surface area contributed by atoms with E-state index >= 15 is 0 Å². The van der Waals surface area contributed by atoms with Gasteiger partial charge in [0.1, 0.15) is 5.75 Å². The molecule has 1 unspecified atom stereocenters. The highest BCUT2D eigenvalue weighted by molar-refractivity contribution is 7.80. The molecular formula is C25H24ClN3O3S. The van der Waals surface area contributed by atoms with Gasteiger partial charge in [0, 0.05) is 17.8 Å². The van der Waals surface area contributed by atoms with E-state index in [1.54, 1.807) is 55.5 Å². The van der Waals surface area contributed by atoms with Gasteiger partial charge in [-0.3, -0.25) is 9.59 Å². The molecule has 2 amide bonds. The molecule has 0 saturated carbocycles. The summed E-state index contributed by atoms with van der Waals surface area (Å²) in [4.78, 5) is 24.5. The molecule has 33 heavy (non-hydrogen) atoms. The first-order chi connectivity index (χ1) is 15.9. The molecule has 3 aromatic rings. The summed E-state index contributed by atoms with van der Waals surface area (Å²) in [5, 5.41) is 9.08. The molecular weight excluding hydrogens is 458 g/mol. The molecule has 0 aliphatic heterocycles. The van der Waals surface area contributed by atoms with Gasteiger partial charge in [0.2, 0.25) is 5.91 Å². The molecule has 8 heteroatoms. The molecule has 170 valence electrons. The molecule has 6 nitrogen and oxygen atoms in total. The summed E-state index contributed by atoms with van der Waals surface area (Å²) in [5.41, 5.74) is 2.37. The predicted molar refractivity (Wildman–Crippen MR) is 136 cm³/mol. The number of thiocarbonyl (C=S) groups is 1. The van der Waals surface area contributed by atoms with Crippen molar-refractivity contribution in [3.63, 3.8) is 0 Å². The number of aryl methyl sites for hydroxylation is 1. The zero-order valence-corrected chi connectivity index (χ0v) is 19.6. The fourth-order valence-electron chi connectivity index (χ4n) is 2.92.